The molecule has 0 heterocycles. The largest absolute Gasteiger partial charge is 0.383 e. The molecule has 1 saturated carbocycles. The van der Waals surface area contributed by atoms with E-state index in [0.717, 1.165) is 25.7 Å². The predicted molar refractivity (Wildman–Crippen MR) is 84.0 cm³/mol. The standard InChI is InChI=1S/C16H32N2O3/c1-13-5-7-16(12-17,8-6-13)15(19)18(9-10-20-3)14(2)11-21-4/h13-14H,5-12,17H2,1-4H3. The van der Waals surface area contributed by atoms with Crippen LogP contribution in [-0.2, 0) is 14.3 Å². The second-order valence-electron chi connectivity index (χ2n) is 6.46. The summed E-state index contributed by atoms with van der Waals surface area (Å²) in [6.45, 7) is 6.37. The van der Waals surface area contributed by atoms with Crippen LogP contribution in [0.25, 0.3) is 0 Å². The zero-order valence-corrected chi connectivity index (χ0v) is 14.1. The fourth-order valence-corrected chi connectivity index (χ4v) is 3.17. The van der Waals surface area contributed by atoms with Gasteiger partial charge in [0.25, 0.3) is 0 Å². The van der Waals surface area contributed by atoms with Gasteiger partial charge in [0.15, 0.2) is 0 Å². The van der Waals surface area contributed by atoms with Gasteiger partial charge in [0, 0.05) is 27.3 Å². The molecule has 1 amide bonds. The van der Waals surface area contributed by atoms with Crippen molar-refractivity contribution in [2.24, 2.45) is 17.1 Å². The van der Waals surface area contributed by atoms with E-state index in [1.165, 1.54) is 0 Å². The van der Waals surface area contributed by atoms with Crippen molar-refractivity contribution in [3.05, 3.63) is 0 Å². The summed E-state index contributed by atoms with van der Waals surface area (Å²) in [4.78, 5) is 15.0. The van der Waals surface area contributed by atoms with Gasteiger partial charge in [-0.25, -0.2) is 0 Å². The van der Waals surface area contributed by atoms with Crippen LogP contribution in [0, 0.1) is 11.3 Å². The van der Waals surface area contributed by atoms with Crippen molar-refractivity contribution in [2.75, 3.05) is 40.5 Å². The quantitative estimate of drug-likeness (QED) is 0.740. The predicted octanol–water partition coefficient (Wildman–Crippen LogP) is 1.65. The van der Waals surface area contributed by atoms with E-state index in [4.69, 9.17) is 15.2 Å². The van der Waals surface area contributed by atoms with Gasteiger partial charge in [0.1, 0.15) is 0 Å². The Hall–Kier alpha value is -0.650. The van der Waals surface area contributed by atoms with Crippen LogP contribution in [0.3, 0.4) is 0 Å². The topological polar surface area (TPSA) is 64.8 Å². The number of hydrogen-bond donors (Lipinski definition) is 1. The van der Waals surface area contributed by atoms with E-state index in [9.17, 15) is 4.79 Å². The van der Waals surface area contributed by atoms with Crippen molar-refractivity contribution in [1.82, 2.24) is 4.90 Å². The van der Waals surface area contributed by atoms with Crippen LogP contribution in [0.15, 0.2) is 0 Å². The van der Waals surface area contributed by atoms with Gasteiger partial charge in [-0.3, -0.25) is 4.79 Å². The van der Waals surface area contributed by atoms with Crippen LogP contribution in [0.4, 0.5) is 0 Å². The Bertz CT molecular complexity index is 315. The van der Waals surface area contributed by atoms with Gasteiger partial charge in [-0.05, 0) is 38.5 Å². The first-order valence-corrected chi connectivity index (χ1v) is 7.99. The van der Waals surface area contributed by atoms with E-state index in [1.807, 2.05) is 11.8 Å². The molecule has 1 atom stereocenters. The third-order valence-corrected chi connectivity index (χ3v) is 4.81. The molecule has 1 fully saturated rings. The van der Waals surface area contributed by atoms with Gasteiger partial charge in [0.05, 0.1) is 24.7 Å². The van der Waals surface area contributed by atoms with Crippen molar-refractivity contribution in [2.45, 2.75) is 45.6 Å². The molecular formula is C16H32N2O3. The molecule has 0 bridgehead atoms. The second kappa shape index (κ2) is 8.71. The zero-order valence-electron chi connectivity index (χ0n) is 14.1. The molecule has 0 aliphatic heterocycles. The van der Waals surface area contributed by atoms with E-state index in [-0.39, 0.29) is 17.4 Å². The lowest BCUT2D eigenvalue weighted by Crippen LogP contribution is -2.54. The van der Waals surface area contributed by atoms with E-state index in [2.05, 4.69) is 6.92 Å². The molecule has 1 aliphatic carbocycles. The molecule has 0 spiro atoms. The maximum absolute atomic E-state index is 13.1. The highest BCUT2D eigenvalue weighted by molar-refractivity contribution is 5.83. The molecule has 5 heteroatoms. The first-order valence-electron chi connectivity index (χ1n) is 7.99. The Labute approximate surface area is 129 Å². The van der Waals surface area contributed by atoms with Crippen molar-refractivity contribution in [3.8, 4) is 0 Å². The molecule has 21 heavy (non-hydrogen) atoms. The number of nitrogens with zero attached hydrogens (tertiary/aromatic N) is 1. The van der Waals surface area contributed by atoms with Crippen molar-refractivity contribution in [3.63, 3.8) is 0 Å². The summed E-state index contributed by atoms with van der Waals surface area (Å²) >= 11 is 0. The Kier molecular flexibility index (Phi) is 7.63. The Morgan fingerprint density at radius 3 is 2.43 bits per heavy atom. The molecule has 0 saturated heterocycles. The average molecular weight is 300 g/mol. The summed E-state index contributed by atoms with van der Waals surface area (Å²) in [5, 5.41) is 0. The van der Waals surface area contributed by atoms with Gasteiger partial charge in [0.2, 0.25) is 5.91 Å². The summed E-state index contributed by atoms with van der Waals surface area (Å²) in [6, 6.07) is 0.0421. The van der Waals surface area contributed by atoms with Crippen LogP contribution < -0.4 is 5.73 Å². The lowest BCUT2D eigenvalue weighted by atomic mass is 9.70. The number of rotatable bonds is 8. The lowest BCUT2D eigenvalue weighted by Gasteiger charge is -2.42. The highest BCUT2D eigenvalue weighted by Crippen LogP contribution is 2.39. The molecule has 5 nitrogen and oxygen atoms in total. The number of hydrogen-bond acceptors (Lipinski definition) is 4. The molecule has 1 unspecified atom stereocenters. The summed E-state index contributed by atoms with van der Waals surface area (Å²) in [6.07, 6.45) is 3.96. The molecule has 2 N–H and O–H groups in total. The number of amides is 1. The van der Waals surface area contributed by atoms with Gasteiger partial charge in [-0.1, -0.05) is 6.92 Å². The average Bonchev–Trinajstić information content (AvgIpc) is 2.49. The minimum atomic E-state index is -0.387. The SMILES string of the molecule is COCCN(C(=O)C1(CN)CCC(C)CC1)C(C)COC. The molecule has 1 aliphatic rings. The van der Waals surface area contributed by atoms with Crippen molar-refractivity contribution < 1.29 is 14.3 Å². The van der Waals surface area contributed by atoms with Crippen LogP contribution >= 0.6 is 0 Å². The number of nitrogens with two attached hydrogens (primary N) is 1. The van der Waals surface area contributed by atoms with Gasteiger partial charge in [-0.15, -0.1) is 0 Å². The second-order valence-corrected chi connectivity index (χ2v) is 6.46. The molecule has 1 rings (SSSR count). The van der Waals surface area contributed by atoms with E-state index < -0.39 is 0 Å². The summed E-state index contributed by atoms with van der Waals surface area (Å²) in [7, 11) is 3.32. The van der Waals surface area contributed by atoms with E-state index in [0.29, 0.717) is 32.2 Å². The first kappa shape index (κ1) is 18.4. The highest BCUT2D eigenvalue weighted by atomic mass is 16.5. The number of carbonyl (C=O) groups is 1. The minimum absolute atomic E-state index is 0.0421. The van der Waals surface area contributed by atoms with Crippen LogP contribution in [0.5, 0.6) is 0 Å². The summed E-state index contributed by atoms with van der Waals surface area (Å²) in [5.74, 6) is 0.875. The van der Waals surface area contributed by atoms with Crippen molar-refractivity contribution in [1.29, 1.82) is 0 Å². The van der Waals surface area contributed by atoms with Crippen LogP contribution in [0.2, 0.25) is 0 Å². The van der Waals surface area contributed by atoms with Gasteiger partial charge >= 0.3 is 0 Å². The maximum atomic E-state index is 13.1. The molecular weight excluding hydrogens is 268 g/mol. The number of methoxy groups -OCH3 is 2. The molecule has 0 aromatic rings. The highest BCUT2D eigenvalue weighted by Gasteiger charge is 2.43. The summed E-state index contributed by atoms with van der Waals surface area (Å²) < 4.78 is 10.4. The van der Waals surface area contributed by atoms with Gasteiger partial charge < -0.3 is 20.1 Å². The molecule has 0 aromatic heterocycles. The number of ether oxygens (including phenoxy) is 2. The Morgan fingerprint density at radius 1 is 1.33 bits per heavy atom. The van der Waals surface area contributed by atoms with Crippen LogP contribution in [0.1, 0.15) is 39.5 Å². The zero-order chi connectivity index (χ0) is 15.9. The molecule has 0 radical (unpaired) electrons. The lowest BCUT2D eigenvalue weighted by molar-refractivity contribution is -0.148. The monoisotopic (exact) mass is 300 g/mol. The maximum Gasteiger partial charge on any atom is 0.230 e. The van der Waals surface area contributed by atoms with Gasteiger partial charge in [-0.2, -0.15) is 0 Å². The fraction of sp³-hybridized carbons (Fsp3) is 0.938. The van der Waals surface area contributed by atoms with Crippen LogP contribution in [-0.4, -0.2) is 57.4 Å². The normalized spacial score (nSPS) is 27.4. The fourth-order valence-electron chi connectivity index (χ4n) is 3.17. The van der Waals surface area contributed by atoms with Crippen molar-refractivity contribution >= 4 is 5.91 Å². The minimum Gasteiger partial charge on any atom is -0.383 e. The Morgan fingerprint density at radius 2 is 1.95 bits per heavy atom. The molecule has 124 valence electrons. The first-order chi connectivity index (χ1) is 10.0. The Balaban J connectivity index is 2.85. The third-order valence-electron chi connectivity index (χ3n) is 4.81. The molecule has 0 aromatic carbocycles. The number of carbonyl (C=O) groups excluding carboxylic acids is 1. The third kappa shape index (κ3) is 4.66. The smallest absolute Gasteiger partial charge is 0.230 e. The van der Waals surface area contributed by atoms with E-state index >= 15 is 0 Å². The summed E-state index contributed by atoms with van der Waals surface area (Å²) in [5.41, 5.74) is 5.63. The van der Waals surface area contributed by atoms with E-state index in [1.54, 1.807) is 14.2 Å².